The zero-order chi connectivity index (χ0) is 17.2. The van der Waals surface area contributed by atoms with Crippen molar-refractivity contribution < 1.29 is 9.59 Å². The van der Waals surface area contributed by atoms with Crippen LogP contribution in [-0.4, -0.2) is 22.8 Å². The highest BCUT2D eigenvalue weighted by molar-refractivity contribution is 7.20. The molecule has 7 heteroatoms. The topological polar surface area (TPSA) is 71.1 Å². The van der Waals surface area contributed by atoms with Gasteiger partial charge in [0.2, 0.25) is 0 Å². The van der Waals surface area contributed by atoms with E-state index in [4.69, 9.17) is 0 Å². The molecule has 1 saturated carbocycles. The van der Waals surface area contributed by atoms with Crippen molar-refractivity contribution in [1.29, 1.82) is 0 Å². The molecule has 0 radical (unpaired) electrons. The van der Waals surface area contributed by atoms with Crippen LogP contribution in [0.5, 0.6) is 0 Å². The normalized spacial score (nSPS) is 13.4. The molecule has 4 rings (SSSR count). The zero-order valence-corrected chi connectivity index (χ0v) is 14.8. The van der Waals surface area contributed by atoms with Gasteiger partial charge in [0.1, 0.15) is 10.7 Å². The number of hydrogen-bond donors (Lipinski definition) is 2. The third-order valence-corrected chi connectivity index (χ3v) is 5.65. The molecule has 0 bridgehead atoms. The third-order valence-electron chi connectivity index (χ3n) is 3.76. The Labute approximate surface area is 152 Å². The minimum atomic E-state index is -0.279. The standard InChI is InChI=1S/C18H15N3O2S2/c22-16(19-12-6-7-12)11-3-1-4-13(9-11)20-17(23)14-10-25-18(21-14)15-5-2-8-24-15/h1-5,8-10,12H,6-7H2,(H,19,22)(H,20,23). The minimum Gasteiger partial charge on any atom is -0.349 e. The lowest BCUT2D eigenvalue weighted by Gasteiger charge is -2.07. The van der Waals surface area contributed by atoms with E-state index in [1.54, 1.807) is 41.0 Å². The van der Waals surface area contributed by atoms with Gasteiger partial charge in [0.25, 0.3) is 11.8 Å². The maximum absolute atomic E-state index is 12.4. The monoisotopic (exact) mass is 369 g/mol. The van der Waals surface area contributed by atoms with Crippen LogP contribution in [0, 0.1) is 0 Å². The highest BCUT2D eigenvalue weighted by Gasteiger charge is 2.23. The SMILES string of the molecule is O=C(NC1CC1)c1cccc(NC(=O)c2csc(-c3cccs3)n2)c1. The van der Waals surface area contributed by atoms with E-state index >= 15 is 0 Å². The molecule has 2 aromatic heterocycles. The van der Waals surface area contributed by atoms with Gasteiger partial charge in [-0.1, -0.05) is 12.1 Å². The number of rotatable bonds is 5. The number of benzene rings is 1. The van der Waals surface area contributed by atoms with Gasteiger partial charge >= 0.3 is 0 Å². The Morgan fingerprint density at radius 1 is 1.08 bits per heavy atom. The van der Waals surface area contributed by atoms with Crippen molar-refractivity contribution in [3.8, 4) is 9.88 Å². The summed E-state index contributed by atoms with van der Waals surface area (Å²) >= 11 is 3.03. The molecule has 0 atom stereocenters. The minimum absolute atomic E-state index is 0.104. The molecule has 2 heterocycles. The van der Waals surface area contributed by atoms with E-state index in [-0.39, 0.29) is 11.8 Å². The number of hydrogen-bond acceptors (Lipinski definition) is 5. The third kappa shape index (κ3) is 3.78. The van der Waals surface area contributed by atoms with Crippen LogP contribution in [0.25, 0.3) is 9.88 Å². The average molecular weight is 369 g/mol. The summed E-state index contributed by atoms with van der Waals surface area (Å²) in [6.07, 6.45) is 2.08. The van der Waals surface area contributed by atoms with Gasteiger partial charge in [0.15, 0.2) is 0 Å². The van der Waals surface area contributed by atoms with Gasteiger partial charge in [0.05, 0.1) is 4.88 Å². The summed E-state index contributed by atoms with van der Waals surface area (Å²) in [7, 11) is 0. The number of aromatic nitrogens is 1. The van der Waals surface area contributed by atoms with Crippen LogP contribution in [0.15, 0.2) is 47.2 Å². The average Bonchev–Trinajstić information content (AvgIpc) is 3.09. The Morgan fingerprint density at radius 2 is 1.96 bits per heavy atom. The molecule has 1 aliphatic carbocycles. The molecule has 1 aliphatic rings. The molecule has 0 saturated heterocycles. The Morgan fingerprint density at radius 3 is 2.72 bits per heavy atom. The maximum Gasteiger partial charge on any atom is 0.275 e. The summed E-state index contributed by atoms with van der Waals surface area (Å²) in [6.45, 7) is 0. The van der Waals surface area contributed by atoms with Crippen molar-refractivity contribution in [3.63, 3.8) is 0 Å². The quantitative estimate of drug-likeness (QED) is 0.714. The predicted molar refractivity (Wildman–Crippen MR) is 100 cm³/mol. The molecule has 2 amide bonds. The van der Waals surface area contributed by atoms with Crippen molar-refractivity contribution >= 4 is 40.2 Å². The van der Waals surface area contributed by atoms with Crippen molar-refractivity contribution in [2.75, 3.05) is 5.32 Å². The molecule has 0 spiro atoms. The molecule has 0 aliphatic heterocycles. The van der Waals surface area contributed by atoms with E-state index in [0.717, 1.165) is 22.7 Å². The van der Waals surface area contributed by atoms with Crippen LogP contribution in [0.1, 0.15) is 33.7 Å². The largest absolute Gasteiger partial charge is 0.349 e. The summed E-state index contributed by atoms with van der Waals surface area (Å²) < 4.78 is 0. The Kier molecular flexibility index (Phi) is 4.33. The van der Waals surface area contributed by atoms with E-state index in [2.05, 4.69) is 15.6 Å². The first-order chi connectivity index (χ1) is 12.2. The van der Waals surface area contributed by atoms with Crippen LogP contribution in [0.3, 0.4) is 0 Å². The zero-order valence-electron chi connectivity index (χ0n) is 13.2. The van der Waals surface area contributed by atoms with Gasteiger partial charge in [0, 0.05) is 22.7 Å². The van der Waals surface area contributed by atoms with E-state index in [0.29, 0.717) is 23.0 Å². The molecule has 5 nitrogen and oxygen atoms in total. The first-order valence-corrected chi connectivity index (χ1v) is 9.66. The lowest BCUT2D eigenvalue weighted by atomic mass is 10.2. The molecule has 1 fully saturated rings. The number of amides is 2. The van der Waals surface area contributed by atoms with E-state index in [1.807, 2.05) is 17.5 Å². The summed E-state index contributed by atoms with van der Waals surface area (Å²) in [6, 6.07) is 11.2. The van der Waals surface area contributed by atoms with Gasteiger partial charge in [-0.15, -0.1) is 22.7 Å². The predicted octanol–water partition coefficient (Wildman–Crippen LogP) is 4.02. The first-order valence-electron chi connectivity index (χ1n) is 7.91. The highest BCUT2D eigenvalue weighted by atomic mass is 32.1. The Bertz CT molecular complexity index is 914. The van der Waals surface area contributed by atoms with Crippen molar-refractivity contribution in [3.05, 3.63) is 58.4 Å². The van der Waals surface area contributed by atoms with Gasteiger partial charge < -0.3 is 10.6 Å². The second-order valence-electron chi connectivity index (χ2n) is 5.80. The smallest absolute Gasteiger partial charge is 0.275 e. The van der Waals surface area contributed by atoms with Crippen molar-refractivity contribution in [1.82, 2.24) is 10.3 Å². The van der Waals surface area contributed by atoms with Gasteiger partial charge in [-0.05, 0) is 42.5 Å². The molecule has 3 aromatic rings. The van der Waals surface area contributed by atoms with Crippen LogP contribution in [0.2, 0.25) is 0 Å². The summed E-state index contributed by atoms with van der Waals surface area (Å²) in [5, 5.41) is 10.3. The van der Waals surface area contributed by atoms with E-state index < -0.39 is 0 Å². The number of anilines is 1. The van der Waals surface area contributed by atoms with Crippen LogP contribution >= 0.6 is 22.7 Å². The van der Waals surface area contributed by atoms with Gasteiger partial charge in [-0.2, -0.15) is 0 Å². The van der Waals surface area contributed by atoms with Crippen molar-refractivity contribution in [2.45, 2.75) is 18.9 Å². The molecule has 2 N–H and O–H groups in total. The lowest BCUT2D eigenvalue weighted by Crippen LogP contribution is -2.25. The number of carbonyl (C=O) groups excluding carboxylic acids is 2. The number of thiazole rings is 1. The van der Waals surface area contributed by atoms with Gasteiger partial charge in [-0.3, -0.25) is 9.59 Å². The fourth-order valence-electron chi connectivity index (χ4n) is 2.32. The second kappa shape index (κ2) is 6.78. The fourth-order valence-corrected chi connectivity index (χ4v) is 3.94. The van der Waals surface area contributed by atoms with Gasteiger partial charge in [-0.25, -0.2) is 4.98 Å². The summed E-state index contributed by atoms with van der Waals surface area (Å²) in [5.41, 5.74) is 1.50. The molecular weight excluding hydrogens is 354 g/mol. The molecule has 25 heavy (non-hydrogen) atoms. The Hall–Kier alpha value is -2.51. The summed E-state index contributed by atoms with van der Waals surface area (Å²) in [5.74, 6) is -0.383. The van der Waals surface area contributed by atoms with Crippen molar-refractivity contribution in [2.24, 2.45) is 0 Å². The van der Waals surface area contributed by atoms with E-state index in [1.165, 1.54) is 11.3 Å². The molecular formula is C18H15N3O2S2. The fraction of sp³-hybridized carbons (Fsp3) is 0.167. The molecule has 126 valence electrons. The van der Waals surface area contributed by atoms with Crippen LogP contribution in [-0.2, 0) is 0 Å². The van der Waals surface area contributed by atoms with Crippen LogP contribution in [0.4, 0.5) is 5.69 Å². The number of nitrogens with one attached hydrogen (secondary N) is 2. The van der Waals surface area contributed by atoms with Crippen LogP contribution < -0.4 is 10.6 Å². The first kappa shape index (κ1) is 16.0. The molecule has 1 aromatic carbocycles. The number of carbonyl (C=O) groups is 2. The molecule has 0 unspecified atom stereocenters. The Balaban J connectivity index is 1.46. The second-order valence-corrected chi connectivity index (χ2v) is 7.60. The number of nitrogens with zero attached hydrogens (tertiary/aromatic N) is 1. The maximum atomic E-state index is 12.4. The number of thiophene rings is 1. The highest BCUT2D eigenvalue weighted by Crippen LogP contribution is 2.28. The van der Waals surface area contributed by atoms with E-state index in [9.17, 15) is 9.59 Å². The summed E-state index contributed by atoms with van der Waals surface area (Å²) in [4.78, 5) is 29.9. The lowest BCUT2D eigenvalue weighted by molar-refractivity contribution is 0.0949.